The normalized spacial score (nSPS) is 13.9. The summed E-state index contributed by atoms with van der Waals surface area (Å²) >= 11 is 0. The number of amides is 2. The smallest absolute Gasteiger partial charge is 0.326 e. The van der Waals surface area contributed by atoms with E-state index in [0.29, 0.717) is 17.1 Å². The van der Waals surface area contributed by atoms with E-state index in [0.717, 1.165) is 12.8 Å². The predicted molar refractivity (Wildman–Crippen MR) is 102 cm³/mol. The van der Waals surface area contributed by atoms with Gasteiger partial charge in [0.15, 0.2) is 6.10 Å². The Morgan fingerprint density at radius 3 is 2.29 bits per heavy atom. The zero-order valence-corrected chi connectivity index (χ0v) is 15.5. The van der Waals surface area contributed by atoms with Crippen molar-refractivity contribution in [1.82, 2.24) is 10.6 Å². The Labute approximate surface area is 163 Å². The van der Waals surface area contributed by atoms with Gasteiger partial charge in [0.05, 0.1) is 0 Å². The Bertz CT molecular complexity index is 832. The minimum absolute atomic E-state index is 0.196. The fourth-order valence-electron chi connectivity index (χ4n) is 2.39. The van der Waals surface area contributed by atoms with Crippen molar-refractivity contribution in [2.24, 2.45) is 0 Å². The maximum atomic E-state index is 12.2. The molecule has 2 N–H and O–H groups in total. The second kappa shape index (κ2) is 9.03. The van der Waals surface area contributed by atoms with Crippen LogP contribution in [0.25, 0.3) is 0 Å². The molecule has 0 spiro atoms. The zero-order chi connectivity index (χ0) is 19.9. The molecule has 7 nitrogen and oxygen atoms in total. The van der Waals surface area contributed by atoms with Gasteiger partial charge in [0.25, 0.3) is 11.8 Å². The molecule has 1 aliphatic carbocycles. The third-order valence-electron chi connectivity index (χ3n) is 4.09. The molecule has 0 unspecified atom stereocenters. The number of benzene rings is 2. The van der Waals surface area contributed by atoms with E-state index in [9.17, 15) is 14.4 Å². The number of hydrogen-bond donors (Lipinski definition) is 2. The van der Waals surface area contributed by atoms with Crippen molar-refractivity contribution in [3.8, 4) is 11.5 Å². The van der Waals surface area contributed by atoms with Crippen molar-refractivity contribution < 1.29 is 23.9 Å². The van der Waals surface area contributed by atoms with Crippen LogP contribution in [0.4, 0.5) is 0 Å². The van der Waals surface area contributed by atoms with E-state index < -0.39 is 18.0 Å². The van der Waals surface area contributed by atoms with Gasteiger partial charge in [-0.15, -0.1) is 0 Å². The largest absolute Gasteiger partial charge is 0.457 e. The first kappa shape index (κ1) is 19.4. The molecule has 3 rings (SSSR count). The van der Waals surface area contributed by atoms with Crippen molar-refractivity contribution >= 4 is 17.8 Å². The summed E-state index contributed by atoms with van der Waals surface area (Å²) < 4.78 is 10.7. The monoisotopic (exact) mass is 382 g/mol. The highest BCUT2D eigenvalue weighted by Crippen LogP contribution is 2.21. The molecule has 0 aromatic heterocycles. The Kier molecular flexibility index (Phi) is 6.26. The zero-order valence-electron chi connectivity index (χ0n) is 15.5. The number of carbonyl (C=O) groups excluding carboxylic acids is 3. The van der Waals surface area contributed by atoms with Gasteiger partial charge in [-0.1, -0.05) is 18.2 Å². The standard InChI is InChI=1S/C21H22N2O5/c1-14(20(25)23-16-9-10-16)27-19(24)13-22-21(26)15-7-11-18(12-8-15)28-17-5-3-2-4-6-17/h2-8,11-12,14,16H,9-10,13H2,1H3,(H,22,26)(H,23,25)/t14-/m0/s1. The molecule has 2 aromatic carbocycles. The fourth-order valence-corrected chi connectivity index (χ4v) is 2.39. The summed E-state index contributed by atoms with van der Waals surface area (Å²) in [7, 11) is 0. The SMILES string of the molecule is C[C@H](OC(=O)CNC(=O)c1ccc(Oc2ccccc2)cc1)C(=O)NC1CC1. The van der Waals surface area contributed by atoms with Crippen molar-refractivity contribution in [1.29, 1.82) is 0 Å². The Hall–Kier alpha value is -3.35. The first-order valence-corrected chi connectivity index (χ1v) is 9.12. The number of para-hydroxylation sites is 1. The third kappa shape index (κ3) is 5.84. The van der Waals surface area contributed by atoms with E-state index in [1.54, 1.807) is 24.3 Å². The average molecular weight is 382 g/mol. The predicted octanol–water partition coefficient (Wildman–Crippen LogP) is 2.42. The molecule has 7 heteroatoms. The van der Waals surface area contributed by atoms with Crippen LogP contribution >= 0.6 is 0 Å². The molecular formula is C21H22N2O5. The van der Waals surface area contributed by atoms with Gasteiger partial charge in [-0.05, 0) is 56.2 Å². The number of nitrogens with one attached hydrogen (secondary N) is 2. The molecule has 0 aliphatic heterocycles. The van der Waals surface area contributed by atoms with Crippen molar-refractivity contribution in [2.75, 3.05) is 6.54 Å². The lowest BCUT2D eigenvalue weighted by molar-refractivity contribution is -0.153. The second-order valence-electron chi connectivity index (χ2n) is 6.54. The molecule has 0 bridgehead atoms. The highest BCUT2D eigenvalue weighted by atomic mass is 16.5. The molecule has 1 fully saturated rings. The lowest BCUT2D eigenvalue weighted by atomic mass is 10.2. The summed E-state index contributed by atoms with van der Waals surface area (Å²) in [5, 5.41) is 5.24. The van der Waals surface area contributed by atoms with Crippen LogP contribution in [0.3, 0.4) is 0 Å². The van der Waals surface area contributed by atoms with Crippen molar-refractivity contribution in [2.45, 2.75) is 31.9 Å². The average Bonchev–Trinajstić information content (AvgIpc) is 3.51. The number of carbonyl (C=O) groups is 3. The number of rotatable bonds is 8. The number of ether oxygens (including phenoxy) is 2. The Morgan fingerprint density at radius 1 is 1.00 bits per heavy atom. The van der Waals surface area contributed by atoms with Crippen LogP contribution in [-0.4, -0.2) is 36.5 Å². The topological polar surface area (TPSA) is 93.7 Å². The van der Waals surface area contributed by atoms with Crippen LogP contribution in [0.1, 0.15) is 30.1 Å². The molecule has 0 saturated heterocycles. The van der Waals surface area contributed by atoms with Crippen LogP contribution in [0.2, 0.25) is 0 Å². The number of hydrogen-bond acceptors (Lipinski definition) is 5. The molecule has 2 aromatic rings. The molecule has 1 aliphatic rings. The van der Waals surface area contributed by atoms with Crippen molar-refractivity contribution in [3.05, 3.63) is 60.2 Å². The lowest BCUT2D eigenvalue weighted by Gasteiger charge is -2.13. The molecule has 1 saturated carbocycles. The van der Waals surface area contributed by atoms with E-state index >= 15 is 0 Å². The summed E-state index contributed by atoms with van der Waals surface area (Å²) in [6, 6.07) is 16.0. The van der Waals surface area contributed by atoms with Gasteiger partial charge in [-0.25, -0.2) is 0 Å². The first-order chi connectivity index (χ1) is 13.5. The molecule has 146 valence electrons. The van der Waals surface area contributed by atoms with Crippen LogP contribution in [0.15, 0.2) is 54.6 Å². The third-order valence-corrected chi connectivity index (χ3v) is 4.09. The maximum Gasteiger partial charge on any atom is 0.326 e. The van der Waals surface area contributed by atoms with Crippen LogP contribution in [-0.2, 0) is 14.3 Å². The summed E-state index contributed by atoms with van der Waals surface area (Å²) in [5.41, 5.74) is 0.382. The van der Waals surface area contributed by atoms with Crippen LogP contribution in [0.5, 0.6) is 11.5 Å². The van der Waals surface area contributed by atoms with Gasteiger partial charge in [0, 0.05) is 11.6 Å². The minimum Gasteiger partial charge on any atom is -0.457 e. The summed E-state index contributed by atoms with van der Waals surface area (Å²) in [5.74, 6) is -0.120. The second-order valence-corrected chi connectivity index (χ2v) is 6.54. The van der Waals surface area contributed by atoms with Crippen molar-refractivity contribution in [3.63, 3.8) is 0 Å². The van der Waals surface area contributed by atoms with E-state index in [-0.39, 0.29) is 18.5 Å². The first-order valence-electron chi connectivity index (χ1n) is 9.12. The molecule has 2 amide bonds. The molecule has 0 heterocycles. The van der Waals surface area contributed by atoms with Gasteiger partial charge in [-0.3, -0.25) is 14.4 Å². The quantitative estimate of drug-likeness (QED) is 0.684. The summed E-state index contributed by atoms with van der Waals surface area (Å²) in [6.45, 7) is 1.19. The molecule has 1 atom stereocenters. The van der Waals surface area contributed by atoms with E-state index in [1.807, 2.05) is 30.3 Å². The van der Waals surface area contributed by atoms with Gasteiger partial charge >= 0.3 is 5.97 Å². The van der Waals surface area contributed by atoms with Gasteiger partial charge in [-0.2, -0.15) is 0 Å². The van der Waals surface area contributed by atoms with E-state index in [2.05, 4.69) is 10.6 Å². The number of esters is 1. The summed E-state index contributed by atoms with van der Waals surface area (Å²) in [6.07, 6.45) is 1.02. The van der Waals surface area contributed by atoms with Gasteiger partial charge in [0.1, 0.15) is 18.0 Å². The van der Waals surface area contributed by atoms with E-state index in [4.69, 9.17) is 9.47 Å². The highest BCUT2D eigenvalue weighted by Gasteiger charge is 2.27. The Morgan fingerprint density at radius 2 is 1.64 bits per heavy atom. The Balaban J connectivity index is 1.43. The van der Waals surface area contributed by atoms with E-state index in [1.165, 1.54) is 6.92 Å². The van der Waals surface area contributed by atoms with Crippen LogP contribution in [0, 0.1) is 0 Å². The minimum atomic E-state index is -0.889. The maximum absolute atomic E-state index is 12.2. The molecule has 28 heavy (non-hydrogen) atoms. The lowest BCUT2D eigenvalue weighted by Crippen LogP contribution is -2.39. The van der Waals surface area contributed by atoms with Crippen LogP contribution < -0.4 is 15.4 Å². The van der Waals surface area contributed by atoms with Gasteiger partial charge in [0.2, 0.25) is 0 Å². The molecule has 0 radical (unpaired) electrons. The van der Waals surface area contributed by atoms with Gasteiger partial charge < -0.3 is 20.1 Å². The fraction of sp³-hybridized carbons (Fsp3) is 0.286. The highest BCUT2D eigenvalue weighted by molar-refractivity contribution is 5.96. The molecular weight excluding hydrogens is 360 g/mol. The summed E-state index contributed by atoms with van der Waals surface area (Å²) in [4.78, 5) is 35.7.